The summed E-state index contributed by atoms with van der Waals surface area (Å²) in [6.07, 6.45) is 8.89. The van der Waals surface area contributed by atoms with Crippen molar-refractivity contribution < 1.29 is 0 Å². The zero-order valence-electron chi connectivity index (χ0n) is 11.9. The summed E-state index contributed by atoms with van der Waals surface area (Å²) in [4.78, 5) is 6.99. The highest BCUT2D eigenvalue weighted by Crippen LogP contribution is 2.29. The maximum absolute atomic E-state index is 4.48. The first-order valence-corrected chi connectivity index (χ1v) is 7.78. The number of anilines is 1. The molecule has 0 atom stereocenters. The van der Waals surface area contributed by atoms with Crippen molar-refractivity contribution in [2.24, 2.45) is 5.92 Å². The molecule has 104 valence electrons. The Balaban J connectivity index is 1.61. The van der Waals surface area contributed by atoms with E-state index < -0.39 is 0 Å². The largest absolute Gasteiger partial charge is 0.371 e. The Bertz CT molecular complexity index is 410. The minimum absolute atomic E-state index is 0.753. The quantitative estimate of drug-likeness (QED) is 0.816. The third-order valence-corrected chi connectivity index (χ3v) is 4.40. The normalized spacial score (nSPS) is 19.2. The van der Waals surface area contributed by atoms with Gasteiger partial charge in [-0.05, 0) is 50.7 Å². The fourth-order valence-electron chi connectivity index (χ4n) is 2.70. The van der Waals surface area contributed by atoms with Gasteiger partial charge in [0.1, 0.15) is 0 Å². The topological polar surface area (TPSA) is 28.2 Å². The third kappa shape index (κ3) is 3.47. The van der Waals surface area contributed by atoms with Gasteiger partial charge in [0, 0.05) is 37.6 Å². The van der Waals surface area contributed by atoms with Gasteiger partial charge in [0.05, 0.1) is 5.69 Å². The standard InChI is InChI=1S/C16H25N3/c1-2-19(12-13-4-3-5-13)16-8-9-17-15(10-16)11-18-14-6-7-14/h8-10,13-14,18H,2-7,11-12H2,1H3. The number of pyridine rings is 1. The van der Waals surface area contributed by atoms with E-state index in [1.54, 1.807) is 0 Å². The summed E-state index contributed by atoms with van der Waals surface area (Å²) in [5.74, 6) is 0.918. The highest BCUT2D eigenvalue weighted by atomic mass is 15.1. The number of aromatic nitrogens is 1. The Labute approximate surface area is 116 Å². The van der Waals surface area contributed by atoms with Crippen LogP contribution < -0.4 is 10.2 Å². The predicted octanol–water partition coefficient (Wildman–Crippen LogP) is 2.96. The lowest BCUT2D eigenvalue weighted by atomic mass is 9.85. The molecule has 1 aromatic heterocycles. The van der Waals surface area contributed by atoms with E-state index in [1.165, 1.54) is 50.0 Å². The molecular formula is C16H25N3. The van der Waals surface area contributed by atoms with Crippen LogP contribution in [0.1, 0.15) is 44.7 Å². The van der Waals surface area contributed by atoms with Crippen LogP contribution in [0.2, 0.25) is 0 Å². The second kappa shape index (κ2) is 5.91. The average molecular weight is 259 g/mol. The minimum Gasteiger partial charge on any atom is -0.371 e. The van der Waals surface area contributed by atoms with Crippen LogP contribution >= 0.6 is 0 Å². The van der Waals surface area contributed by atoms with Crippen molar-refractivity contribution in [2.75, 3.05) is 18.0 Å². The smallest absolute Gasteiger partial charge is 0.0562 e. The van der Waals surface area contributed by atoms with Crippen molar-refractivity contribution in [3.8, 4) is 0 Å². The van der Waals surface area contributed by atoms with Gasteiger partial charge in [-0.1, -0.05) is 6.42 Å². The zero-order valence-corrected chi connectivity index (χ0v) is 11.9. The molecule has 1 N–H and O–H groups in total. The van der Waals surface area contributed by atoms with Crippen molar-refractivity contribution >= 4 is 5.69 Å². The summed E-state index contributed by atoms with van der Waals surface area (Å²) in [5, 5.41) is 3.54. The van der Waals surface area contributed by atoms with Crippen LogP contribution in [0.3, 0.4) is 0 Å². The monoisotopic (exact) mass is 259 g/mol. The van der Waals surface area contributed by atoms with Crippen LogP contribution in [0.25, 0.3) is 0 Å². The van der Waals surface area contributed by atoms with E-state index in [-0.39, 0.29) is 0 Å². The van der Waals surface area contributed by atoms with Crippen molar-refractivity contribution in [2.45, 2.75) is 51.6 Å². The summed E-state index contributed by atoms with van der Waals surface area (Å²) in [7, 11) is 0. The van der Waals surface area contributed by atoms with Gasteiger partial charge in [0.2, 0.25) is 0 Å². The molecule has 0 unspecified atom stereocenters. The molecular weight excluding hydrogens is 234 g/mol. The van der Waals surface area contributed by atoms with Crippen LogP contribution in [0.5, 0.6) is 0 Å². The lowest BCUT2D eigenvalue weighted by Gasteiger charge is -2.33. The van der Waals surface area contributed by atoms with Gasteiger partial charge < -0.3 is 10.2 Å². The number of nitrogens with one attached hydrogen (secondary N) is 1. The highest BCUT2D eigenvalue weighted by Gasteiger charge is 2.21. The third-order valence-electron chi connectivity index (χ3n) is 4.40. The van der Waals surface area contributed by atoms with Gasteiger partial charge in [0.25, 0.3) is 0 Å². The van der Waals surface area contributed by atoms with Gasteiger partial charge in [-0.2, -0.15) is 0 Å². The van der Waals surface area contributed by atoms with E-state index in [9.17, 15) is 0 Å². The first-order chi connectivity index (χ1) is 9.35. The second-order valence-electron chi connectivity index (χ2n) is 6.00. The van der Waals surface area contributed by atoms with Crippen molar-refractivity contribution in [1.82, 2.24) is 10.3 Å². The molecule has 0 spiro atoms. The van der Waals surface area contributed by atoms with Crippen molar-refractivity contribution in [3.05, 3.63) is 24.0 Å². The van der Waals surface area contributed by atoms with Gasteiger partial charge in [0.15, 0.2) is 0 Å². The van der Waals surface area contributed by atoms with Crippen LogP contribution in [0, 0.1) is 5.92 Å². The Kier molecular flexibility index (Phi) is 4.02. The summed E-state index contributed by atoms with van der Waals surface area (Å²) < 4.78 is 0. The molecule has 3 rings (SSSR count). The summed E-state index contributed by atoms with van der Waals surface area (Å²) in [6, 6.07) is 5.17. The van der Waals surface area contributed by atoms with Crippen LogP contribution in [0.15, 0.2) is 18.3 Å². The molecule has 0 aliphatic heterocycles. The molecule has 0 aromatic carbocycles. The molecule has 0 amide bonds. The molecule has 2 aliphatic carbocycles. The number of hydrogen-bond donors (Lipinski definition) is 1. The maximum atomic E-state index is 4.48. The second-order valence-corrected chi connectivity index (χ2v) is 6.00. The zero-order chi connectivity index (χ0) is 13.1. The van der Waals surface area contributed by atoms with E-state index in [0.29, 0.717) is 0 Å². The van der Waals surface area contributed by atoms with Crippen LogP contribution in [-0.4, -0.2) is 24.1 Å². The highest BCUT2D eigenvalue weighted by molar-refractivity contribution is 5.46. The Morgan fingerprint density at radius 1 is 1.32 bits per heavy atom. The molecule has 0 radical (unpaired) electrons. The molecule has 0 bridgehead atoms. The Hall–Kier alpha value is -1.09. The number of rotatable bonds is 7. The molecule has 2 fully saturated rings. The van der Waals surface area contributed by atoms with Gasteiger partial charge >= 0.3 is 0 Å². The van der Waals surface area contributed by atoms with E-state index in [0.717, 1.165) is 25.0 Å². The van der Waals surface area contributed by atoms with Gasteiger partial charge in [-0.3, -0.25) is 4.98 Å². The van der Waals surface area contributed by atoms with Gasteiger partial charge in [-0.25, -0.2) is 0 Å². The molecule has 0 saturated heterocycles. The number of nitrogens with zero attached hydrogens (tertiary/aromatic N) is 2. The average Bonchev–Trinajstić information content (AvgIpc) is 3.20. The van der Waals surface area contributed by atoms with E-state index in [2.05, 4.69) is 34.3 Å². The minimum atomic E-state index is 0.753. The molecule has 2 saturated carbocycles. The molecule has 3 nitrogen and oxygen atoms in total. The predicted molar refractivity (Wildman–Crippen MR) is 79.3 cm³/mol. The first-order valence-electron chi connectivity index (χ1n) is 7.78. The molecule has 1 aromatic rings. The Morgan fingerprint density at radius 3 is 2.79 bits per heavy atom. The Morgan fingerprint density at radius 2 is 2.16 bits per heavy atom. The fraction of sp³-hybridized carbons (Fsp3) is 0.688. The molecule has 1 heterocycles. The summed E-state index contributed by atoms with van der Waals surface area (Å²) >= 11 is 0. The SMILES string of the molecule is CCN(CC1CCC1)c1ccnc(CNC2CC2)c1. The summed E-state index contributed by atoms with van der Waals surface area (Å²) in [6.45, 7) is 5.48. The van der Waals surface area contributed by atoms with Crippen LogP contribution in [0.4, 0.5) is 5.69 Å². The van der Waals surface area contributed by atoms with Crippen LogP contribution in [-0.2, 0) is 6.54 Å². The lowest BCUT2D eigenvalue weighted by molar-refractivity contribution is 0.318. The van der Waals surface area contributed by atoms with E-state index in [4.69, 9.17) is 0 Å². The lowest BCUT2D eigenvalue weighted by Crippen LogP contribution is -2.32. The van der Waals surface area contributed by atoms with E-state index in [1.807, 2.05) is 6.20 Å². The van der Waals surface area contributed by atoms with E-state index >= 15 is 0 Å². The summed E-state index contributed by atoms with van der Waals surface area (Å²) in [5.41, 5.74) is 2.52. The molecule has 19 heavy (non-hydrogen) atoms. The maximum Gasteiger partial charge on any atom is 0.0562 e. The first kappa shape index (κ1) is 12.9. The van der Waals surface area contributed by atoms with Gasteiger partial charge in [-0.15, -0.1) is 0 Å². The van der Waals surface area contributed by atoms with Crippen molar-refractivity contribution in [1.29, 1.82) is 0 Å². The van der Waals surface area contributed by atoms with Crippen molar-refractivity contribution in [3.63, 3.8) is 0 Å². The number of hydrogen-bond acceptors (Lipinski definition) is 3. The molecule has 2 aliphatic rings. The molecule has 3 heteroatoms. The fourth-order valence-corrected chi connectivity index (χ4v) is 2.70.